The zero-order valence-electron chi connectivity index (χ0n) is 17.6. The van der Waals surface area contributed by atoms with E-state index in [0.717, 1.165) is 5.56 Å². The molecule has 6 nitrogen and oxygen atoms in total. The van der Waals surface area contributed by atoms with Gasteiger partial charge in [-0.1, -0.05) is 42.5 Å². The second-order valence-electron chi connectivity index (χ2n) is 7.62. The van der Waals surface area contributed by atoms with E-state index in [9.17, 15) is 19.5 Å². The minimum atomic E-state index is -1.20. The van der Waals surface area contributed by atoms with Gasteiger partial charge in [-0.25, -0.2) is 0 Å². The Morgan fingerprint density at radius 1 is 0.969 bits per heavy atom. The fourth-order valence-corrected chi connectivity index (χ4v) is 4.08. The van der Waals surface area contributed by atoms with Gasteiger partial charge in [0.1, 0.15) is 17.4 Å². The molecule has 0 aliphatic carbocycles. The first-order valence-electron chi connectivity index (χ1n) is 10.4. The minimum absolute atomic E-state index is 0.00113. The highest BCUT2D eigenvalue weighted by Gasteiger charge is 2.51. The number of Topliss-reactive ketones (excluding diaryl/α,β-unsaturated/α-hetero) is 2. The van der Waals surface area contributed by atoms with Gasteiger partial charge in [0.05, 0.1) is 12.6 Å². The maximum atomic E-state index is 13.4. The van der Waals surface area contributed by atoms with Crippen molar-refractivity contribution >= 4 is 17.5 Å². The topological polar surface area (TPSA) is 83.9 Å². The van der Waals surface area contributed by atoms with E-state index in [1.54, 1.807) is 36.4 Å². The van der Waals surface area contributed by atoms with Crippen molar-refractivity contribution < 1.29 is 24.2 Å². The van der Waals surface area contributed by atoms with Gasteiger partial charge in [0.25, 0.3) is 5.91 Å². The molecule has 1 heterocycles. The summed E-state index contributed by atoms with van der Waals surface area (Å²) in [5.74, 6) is -2.46. The Bertz CT molecular complexity index is 1140. The molecule has 2 unspecified atom stereocenters. The van der Waals surface area contributed by atoms with Gasteiger partial charge in [-0.15, -0.1) is 0 Å². The van der Waals surface area contributed by atoms with E-state index in [1.807, 2.05) is 37.3 Å². The number of aromatic hydroxyl groups is 1. The van der Waals surface area contributed by atoms with Crippen molar-refractivity contribution in [2.75, 3.05) is 6.61 Å². The SMILES string of the molecule is CCOc1ccc(C(=O)C2C(=O)C(=O)N(Cc3ccccc3)C2c2cccc(O)c2)cc1. The number of hydrogen-bond acceptors (Lipinski definition) is 5. The first-order valence-corrected chi connectivity index (χ1v) is 10.4. The summed E-state index contributed by atoms with van der Waals surface area (Å²) in [6.45, 7) is 2.54. The van der Waals surface area contributed by atoms with E-state index >= 15 is 0 Å². The van der Waals surface area contributed by atoms with E-state index in [1.165, 1.54) is 17.0 Å². The van der Waals surface area contributed by atoms with Crippen molar-refractivity contribution in [3.8, 4) is 11.5 Å². The molecule has 1 fully saturated rings. The number of nitrogens with zero attached hydrogens (tertiary/aromatic N) is 1. The largest absolute Gasteiger partial charge is 0.508 e. The fourth-order valence-electron chi connectivity index (χ4n) is 4.08. The Labute approximate surface area is 186 Å². The van der Waals surface area contributed by atoms with Crippen molar-refractivity contribution in [2.45, 2.75) is 19.5 Å². The molecule has 4 rings (SSSR count). The molecule has 162 valence electrons. The highest BCUT2D eigenvalue weighted by Crippen LogP contribution is 2.40. The lowest BCUT2D eigenvalue weighted by molar-refractivity contribution is -0.141. The molecular weight excluding hydrogens is 406 g/mol. The Hall–Kier alpha value is -3.93. The number of carbonyl (C=O) groups excluding carboxylic acids is 3. The van der Waals surface area contributed by atoms with Crippen LogP contribution in [0.15, 0.2) is 78.9 Å². The molecule has 1 saturated heterocycles. The number of likely N-dealkylation sites (tertiary alicyclic amines) is 1. The third kappa shape index (κ3) is 4.12. The third-order valence-electron chi connectivity index (χ3n) is 5.55. The fraction of sp³-hybridized carbons (Fsp3) is 0.192. The number of phenolic OH excluding ortho intramolecular Hbond substituents is 1. The van der Waals surface area contributed by atoms with Crippen molar-refractivity contribution in [3.05, 3.63) is 95.6 Å². The highest BCUT2D eigenvalue weighted by atomic mass is 16.5. The highest BCUT2D eigenvalue weighted by molar-refractivity contribution is 6.44. The summed E-state index contributed by atoms with van der Waals surface area (Å²) < 4.78 is 5.42. The number of rotatable bonds is 7. The first kappa shape index (κ1) is 21.3. The quantitative estimate of drug-likeness (QED) is 0.349. The van der Waals surface area contributed by atoms with Crippen LogP contribution in [0.2, 0.25) is 0 Å². The van der Waals surface area contributed by atoms with Crippen LogP contribution < -0.4 is 4.74 Å². The zero-order valence-corrected chi connectivity index (χ0v) is 17.6. The number of amides is 1. The third-order valence-corrected chi connectivity index (χ3v) is 5.55. The summed E-state index contributed by atoms with van der Waals surface area (Å²) in [6.07, 6.45) is 0. The number of phenols is 1. The summed E-state index contributed by atoms with van der Waals surface area (Å²) >= 11 is 0. The minimum Gasteiger partial charge on any atom is -0.508 e. The van der Waals surface area contributed by atoms with E-state index in [2.05, 4.69) is 0 Å². The van der Waals surface area contributed by atoms with Gasteiger partial charge in [-0.05, 0) is 54.4 Å². The second-order valence-corrected chi connectivity index (χ2v) is 7.62. The Kier molecular flexibility index (Phi) is 6.03. The zero-order chi connectivity index (χ0) is 22.7. The van der Waals surface area contributed by atoms with Crippen molar-refractivity contribution in [1.29, 1.82) is 0 Å². The maximum Gasteiger partial charge on any atom is 0.291 e. The number of carbonyl (C=O) groups is 3. The van der Waals surface area contributed by atoms with E-state index in [0.29, 0.717) is 23.5 Å². The molecule has 0 radical (unpaired) electrons. The standard InChI is InChI=1S/C26H23NO5/c1-2-32-21-13-11-18(12-14-21)24(29)22-23(19-9-6-10-20(28)15-19)27(26(31)25(22)30)16-17-7-4-3-5-8-17/h3-15,22-23,28H,2,16H2,1H3. The smallest absolute Gasteiger partial charge is 0.291 e. The lowest BCUT2D eigenvalue weighted by atomic mass is 9.86. The monoisotopic (exact) mass is 429 g/mol. The van der Waals surface area contributed by atoms with Crippen LogP contribution in [0, 0.1) is 5.92 Å². The summed E-state index contributed by atoms with van der Waals surface area (Å²) in [5.41, 5.74) is 1.70. The molecule has 32 heavy (non-hydrogen) atoms. The predicted molar refractivity (Wildman–Crippen MR) is 118 cm³/mol. The van der Waals surface area contributed by atoms with Gasteiger partial charge in [0.15, 0.2) is 5.78 Å². The molecule has 3 aromatic rings. The number of hydrogen-bond donors (Lipinski definition) is 1. The number of ketones is 2. The average Bonchev–Trinajstić information content (AvgIpc) is 3.05. The molecule has 1 aliphatic rings. The Morgan fingerprint density at radius 3 is 2.34 bits per heavy atom. The molecular formula is C26H23NO5. The van der Waals surface area contributed by atoms with E-state index in [4.69, 9.17) is 4.74 Å². The summed E-state index contributed by atoms with van der Waals surface area (Å²) in [6, 6.07) is 21.4. The lowest BCUT2D eigenvalue weighted by Crippen LogP contribution is -2.30. The van der Waals surface area contributed by atoms with Crippen LogP contribution in [0.1, 0.15) is 34.5 Å². The van der Waals surface area contributed by atoms with Crippen molar-refractivity contribution in [2.24, 2.45) is 5.92 Å². The van der Waals surface area contributed by atoms with Gasteiger partial charge < -0.3 is 14.7 Å². The van der Waals surface area contributed by atoms with Crippen molar-refractivity contribution in [1.82, 2.24) is 4.90 Å². The molecule has 3 aromatic carbocycles. The Balaban J connectivity index is 1.74. The van der Waals surface area contributed by atoms with Gasteiger partial charge in [0, 0.05) is 12.1 Å². The second kappa shape index (κ2) is 9.06. The van der Waals surface area contributed by atoms with Gasteiger partial charge in [-0.2, -0.15) is 0 Å². The maximum absolute atomic E-state index is 13.4. The van der Waals surface area contributed by atoms with Crippen LogP contribution in [0.3, 0.4) is 0 Å². The summed E-state index contributed by atoms with van der Waals surface area (Å²) in [4.78, 5) is 40.9. The lowest BCUT2D eigenvalue weighted by Gasteiger charge is -2.27. The van der Waals surface area contributed by atoms with E-state index in [-0.39, 0.29) is 12.3 Å². The normalized spacial score (nSPS) is 18.1. The molecule has 0 bridgehead atoms. The first-order chi connectivity index (χ1) is 15.5. The van der Waals surface area contributed by atoms with Crippen LogP contribution >= 0.6 is 0 Å². The van der Waals surface area contributed by atoms with Crippen LogP contribution in [0.5, 0.6) is 11.5 Å². The molecule has 0 spiro atoms. The van der Waals surface area contributed by atoms with Crippen LogP contribution in [0.4, 0.5) is 0 Å². The molecule has 0 saturated carbocycles. The molecule has 6 heteroatoms. The van der Waals surface area contributed by atoms with Gasteiger partial charge >= 0.3 is 0 Å². The molecule has 1 N–H and O–H groups in total. The van der Waals surface area contributed by atoms with Crippen molar-refractivity contribution in [3.63, 3.8) is 0 Å². The van der Waals surface area contributed by atoms with Gasteiger partial charge in [0.2, 0.25) is 5.78 Å². The predicted octanol–water partition coefficient (Wildman–Crippen LogP) is 3.94. The number of benzene rings is 3. The molecule has 1 aliphatic heterocycles. The van der Waals surface area contributed by atoms with E-state index < -0.39 is 29.4 Å². The molecule has 1 amide bonds. The Morgan fingerprint density at radius 2 is 1.69 bits per heavy atom. The number of ether oxygens (including phenoxy) is 1. The molecule has 0 aromatic heterocycles. The molecule has 2 atom stereocenters. The van der Waals surface area contributed by atoms with Crippen LogP contribution in [-0.2, 0) is 16.1 Å². The summed E-state index contributed by atoms with van der Waals surface area (Å²) in [5, 5.41) is 10.0. The average molecular weight is 429 g/mol. The van der Waals surface area contributed by atoms with Crippen LogP contribution in [0.25, 0.3) is 0 Å². The van der Waals surface area contributed by atoms with Gasteiger partial charge in [-0.3, -0.25) is 14.4 Å². The van der Waals surface area contributed by atoms with Crippen LogP contribution in [-0.4, -0.2) is 34.1 Å². The summed E-state index contributed by atoms with van der Waals surface area (Å²) in [7, 11) is 0.